The van der Waals surface area contributed by atoms with Crippen molar-refractivity contribution in [1.29, 1.82) is 0 Å². The van der Waals surface area contributed by atoms with Crippen LogP contribution in [0, 0.1) is 12.7 Å². The fourth-order valence-electron chi connectivity index (χ4n) is 1.77. The van der Waals surface area contributed by atoms with E-state index < -0.39 is 17.7 Å². The maximum Gasteiger partial charge on any atom is 0.336 e. The highest BCUT2D eigenvalue weighted by Crippen LogP contribution is 2.19. The summed E-state index contributed by atoms with van der Waals surface area (Å²) in [6.07, 6.45) is 0. The van der Waals surface area contributed by atoms with Crippen molar-refractivity contribution in [3.63, 3.8) is 0 Å². The van der Waals surface area contributed by atoms with Gasteiger partial charge in [0.1, 0.15) is 5.82 Å². The van der Waals surface area contributed by atoms with Gasteiger partial charge in [0.2, 0.25) is 0 Å². The molecule has 1 amide bonds. The topological polar surface area (TPSA) is 66.4 Å². The Kier molecular flexibility index (Phi) is 4.37. The van der Waals surface area contributed by atoms with E-state index in [-0.39, 0.29) is 15.6 Å². The number of halogens is 2. The van der Waals surface area contributed by atoms with Crippen LogP contribution in [0.2, 0.25) is 0 Å². The molecule has 0 fully saturated rings. The fraction of sp³-hybridized carbons (Fsp3) is 0.0667. The Morgan fingerprint density at radius 2 is 1.90 bits per heavy atom. The van der Waals surface area contributed by atoms with Gasteiger partial charge in [0.25, 0.3) is 5.91 Å². The van der Waals surface area contributed by atoms with Gasteiger partial charge >= 0.3 is 5.97 Å². The summed E-state index contributed by atoms with van der Waals surface area (Å²) < 4.78 is 13.7. The Hall–Kier alpha value is -2.21. The van der Waals surface area contributed by atoms with Crippen molar-refractivity contribution in [3.05, 3.63) is 63.4 Å². The van der Waals surface area contributed by atoms with Crippen LogP contribution in [0.3, 0.4) is 0 Å². The summed E-state index contributed by atoms with van der Waals surface area (Å²) in [5, 5.41) is 11.6. The molecule has 2 aromatic rings. The zero-order valence-electron chi connectivity index (χ0n) is 11.0. The maximum absolute atomic E-state index is 13.4. The predicted molar refractivity (Wildman–Crippen MR) is 80.2 cm³/mol. The Morgan fingerprint density at radius 1 is 1.19 bits per heavy atom. The molecule has 0 radical (unpaired) electrons. The summed E-state index contributed by atoms with van der Waals surface area (Å²) >= 11 is 3.01. The van der Waals surface area contributed by atoms with E-state index >= 15 is 0 Å². The zero-order valence-corrected chi connectivity index (χ0v) is 12.6. The van der Waals surface area contributed by atoms with Crippen LogP contribution in [-0.2, 0) is 0 Å². The first-order chi connectivity index (χ1) is 9.88. The SMILES string of the molecule is Cc1ccc(NC(=O)c2ccc(Br)c(F)c2)cc1C(=O)O. The number of nitrogens with one attached hydrogen (secondary N) is 1. The van der Waals surface area contributed by atoms with Gasteiger partial charge in [0.15, 0.2) is 0 Å². The highest BCUT2D eigenvalue weighted by molar-refractivity contribution is 9.10. The number of hydrogen-bond acceptors (Lipinski definition) is 2. The number of carbonyl (C=O) groups excluding carboxylic acids is 1. The Labute approximate surface area is 128 Å². The molecule has 0 saturated carbocycles. The first kappa shape index (κ1) is 15.2. The van der Waals surface area contributed by atoms with E-state index in [0.29, 0.717) is 11.3 Å². The van der Waals surface area contributed by atoms with E-state index in [4.69, 9.17) is 5.11 Å². The molecule has 2 aromatic carbocycles. The molecule has 0 spiro atoms. The molecule has 2 N–H and O–H groups in total. The van der Waals surface area contributed by atoms with Gasteiger partial charge in [-0.3, -0.25) is 4.79 Å². The van der Waals surface area contributed by atoms with E-state index in [1.54, 1.807) is 19.1 Å². The van der Waals surface area contributed by atoms with E-state index in [2.05, 4.69) is 21.2 Å². The van der Waals surface area contributed by atoms with Crippen LogP contribution in [0.5, 0.6) is 0 Å². The van der Waals surface area contributed by atoms with Gasteiger partial charge < -0.3 is 10.4 Å². The van der Waals surface area contributed by atoms with Crippen LogP contribution in [0.4, 0.5) is 10.1 Å². The Balaban J connectivity index is 2.25. The molecule has 0 aliphatic heterocycles. The molecule has 108 valence electrons. The monoisotopic (exact) mass is 351 g/mol. The quantitative estimate of drug-likeness (QED) is 0.882. The van der Waals surface area contributed by atoms with Gasteiger partial charge in [-0.25, -0.2) is 9.18 Å². The molecule has 0 unspecified atom stereocenters. The van der Waals surface area contributed by atoms with E-state index in [1.165, 1.54) is 18.2 Å². The van der Waals surface area contributed by atoms with Gasteiger partial charge in [-0.05, 0) is 58.7 Å². The summed E-state index contributed by atoms with van der Waals surface area (Å²) in [5.74, 6) is -2.13. The lowest BCUT2D eigenvalue weighted by Crippen LogP contribution is -2.13. The van der Waals surface area contributed by atoms with E-state index in [1.807, 2.05) is 0 Å². The second-order valence-electron chi connectivity index (χ2n) is 4.42. The van der Waals surface area contributed by atoms with Gasteiger partial charge in [-0.15, -0.1) is 0 Å². The smallest absolute Gasteiger partial charge is 0.336 e. The third kappa shape index (κ3) is 3.46. The molecule has 6 heteroatoms. The van der Waals surface area contributed by atoms with Gasteiger partial charge in [0, 0.05) is 11.3 Å². The standard InChI is InChI=1S/C15H11BrFNO3/c1-8-2-4-10(7-11(8)15(20)21)18-14(19)9-3-5-12(16)13(17)6-9/h2-7H,1H3,(H,18,19)(H,20,21). The van der Waals surface area contributed by atoms with Crippen LogP contribution >= 0.6 is 15.9 Å². The maximum atomic E-state index is 13.4. The van der Waals surface area contributed by atoms with E-state index in [0.717, 1.165) is 6.07 Å². The van der Waals surface area contributed by atoms with Crippen LogP contribution in [0.15, 0.2) is 40.9 Å². The lowest BCUT2D eigenvalue weighted by atomic mass is 10.1. The van der Waals surface area contributed by atoms with Crippen molar-refractivity contribution in [1.82, 2.24) is 0 Å². The summed E-state index contributed by atoms with van der Waals surface area (Å²) in [4.78, 5) is 23.0. The number of carboxylic acids is 1. The van der Waals surface area contributed by atoms with Crippen LogP contribution in [-0.4, -0.2) is 17.0 Å². The second kappa shape index (κ2) is 6.05. The van der Waals surface area contributed by atoms with Crippen molar-refractivity contribution >= 4 is 33.5 Å². The van der Waals surface area contributed by atoms with Crippen LogP contribution in [0.25, 0.3) is 0 Å². The number of carbonyl (C=O) groups is 2. The molecule has 0 aromatic heterocycles. The normalized spacial score (nSPS) is 10.2. The van der Waals surface area contributed by atoms with E-state index in [9.17, 15) is 14.0 Å². The molecule has 4 nitrogen and oxygen atoms in total. The van der Waals surface area contributed by atoms with Crippen molar-refractivity contribution < 1.29 is 19.1 Å². The molecule has 0 bridgehead atoms. The first-order valence-corrected chi connectivity index (χ1v) is 6.78. The van der Waals surface area contributed by atoms with Gasteiger partial charge in [0.05, 0.1) is 10.0 Å². The van der Waals surface area contributed by atoms with Crippen molar-refractivity contribution in [2.45, 2.75) is 6.92 Å². The third-order valence-corrected chi connectivity index (χ3v) is 3.55. The van der Waals surface area contributed by atoms with Crippen molar-refractivity contribution in [2.24, 2.45) is 0 Å². The lowest BCUT2D eigenvalue weighted by molar-refractivity contribution is 0.0695. The third-order valence-electron chi connectivity index (χ3n) is 2.91. The molecular formula is C15H11BrFNO3. The molecule has 0 aliphatic rings. The summed E-state index contributed by atoms with van der Waals surface area (Å²) in [7, 11) is 0. The lowest BCUT2D eigenvalue weighted by Gasteiger charge is -2.08. The largest absolute Gasteiger partial charge is 0.478 e. The molecule has 0 aliphatic carbocycles. The Bertz CT molecular complexity index is 731. The first-order valence-electron chi connectivity index (χ1n) is 5.99. The highest BCUT2D eigenvalue weighted by atomic mass is 79.9. The summed E-state index contributed by atoms with van der Waals surface area (Å²) in [5.41, 5.74) is 1.18. The molecule has 0 heterocycles. The number of rotatable bonds is 3. The Morgan fingerprint density at radius 3 is 2.52 bits per heavy atom. The summed E-state index contributed by atoms with van der Waals surface area (Å²) in [6.45, 7) is 1.67. The van der Waals surface area contributed by atoms with Crippen molar-refractivity contribution in [3.8, 4) is 0 Å². The molecular weight excluding hydrogens is 341 g/mol. The van der Waals surface area contributed by atoms with Gasteiger partial charge in [-0.2, -0.15) is 0 Å². The number of carboxylic acid groups (broad SMARTS) is 1. The number of anilines is 1. The fourth-order valence-corrected chi connectivity index (χ4v) is 2.02. The minimum Gasteiger partial charge on any atom is -0.478 e. The number of benzene rings is 2. The molecule has 0 atom stereocenters. The minimum atomic E-state index is -1.07. The average molecular weight is 352 g/mol. The minimum absolute atomic E-state index is 0.106. The number of amides is 1. The van der Waals surface area contributed by atoms with Crippen LogP contribution in [0.1, 0.15) is 26.3 Å². The molecule has 2 rings (SSSR count). The van der Waals surface area contributed by atoms with Crippen LogP contribution < -0.4 is 5.32 Å². The number of aromatic carboxylic acids is 1. The van der Waals surface area contributed by atoms with Crippen molar-refractivity contribution in [2.75, 3.05) is 5.32 Å². The molecule has 21 heavy (non-hydrogen) atoms. The predicted octanol–water partition coefficient (Wildman–Crippen LogP) is 3.85. The highest BCUT2D eigenvalue weighted by Gasteiger charge is 2.12. The molecule has 0 saturated heterocycles. The van der Waals surface area contributed by atoms with Gasteiger partial charge in [-0.1, -0.05) is 6.07 Å². The summed E-state index contributed by atoms with van der Waals surface area (Å²) in [6, 6.07) is 8.56. The second-order valence-corrected chi connectivity index (χ2v) is 5.27. The zero-order chi connectivity index (χ0) is 15.6. The average Bonchev–Trinajstić information content (AvgIpc) is 2.43. The number of aryl methyl sites for hydroxylation is 1. The number of hydrogen-bond donors (Lipinski definition) is 2.